The minimum atomic E-state index is -4.30. The van der Waals surface area contributed by atoms with Crippen molar-refractivity contribution in [3.63, 3.8) is 0 Å². The smallest absolute Gasteiger partial charge is 0.342 e. The van der Waals surface area contributed by atoms with E-state index in [4.69, 9.17) is 34.9 Å². The molecule has 0 amide bonds. The second-order valence-electron chi connectivity index (χ2n) is 13.9. The maximum Gasteiger partial charge on any atom is 0.342 e. The monoisotopic (exact) mass is 758 g/mol. The first-order valence-electron chi connectivity index (χ1n) is 17.9. The van der Waals surface area contributed by atoms with E-state index >= 15 is 0 Å². The SMILES string of the molecule is CCOC(=O)[C@H](CC(C)C)NP(=O)(N[C@@H](CC(C)C)C(=O)OCC)OCC(OC)C(O)C1(O)C(C)C1/C=N\c1c(N)nc(N)nc1N1CCOCC1. The number of ether oxygens (including phenoxy) is 4. The molecule has 1 saturated carbocycles. The molecule has 5 unspecified atom stereocenters. The largest absolute Gasteiger partial charge is 0.465 e. The number of nitrogens with zero attached hydrogens (tertiary/aromatic N) is 4. The van der Waals surface area contributed by atoms with E-state index in [1.165, 1.54) is 13.3 Å². The number of methoxy groups -OCH3 is 1. The topological polar surface area (TPSA) is 255 Å². The zero-order valence-electron chi connectivity index (χ0n) is 31.6. The number of carbonyl (C=O) groups excluding carboxylic acids is 2. The summed E-state index contributed by atoms with van der Waals surface area (Å²) >= 11 is 0. The van der Waals surface area contributed by atoms with Gasteiger partial charge in [-0.1, -0.05) is 34.6 Å². The Bertz CT molecular complexity index is 1380. The molecule has 3 rings (SSSR count). The van der Waals surface area contributed by atoms with Gasteiger partial charge in [0, 0.05) is 32.3 Å². The first kappa shape index (κ1) is 43.4. The number of anilines is 3. The van der Waals surface area contributed by atoms with Gasteiger partial charge in [-0.3, -0.25) is 19.1 Å². The minimum absolute atomic E-state index is 0.00952. The van der Waals surface area contributed by atoms with E-state index in [-0.39, 0.29) is 55.3 Å². The Hall–Kier alpha value is -2.96. The highest BCUT2D eigenvalue weighted by molar-refractivity contribution is 7.54. The molecule has 2 aliphatic rings. The van der Waals surface area contributed by atoms with E-state index in [1.54, 1.807) is 20.8 Å². The fraction of sp³-hybridized carbons (Fsp3) is 0.788. The Morgan fingerprint density at radius 3 is 2.08 bits per heavy atom. The third-order valence-corrected chi connectivity index (χ3v) is 10.9. The number of carbonyl (C=O) groups is 2. The number of nitrogen functional groups attached to an aromatic ring is 2. The van der Waals surface area contributed by atoms with Gasteiger partial charge in [-0.05, 0) is 44.4 Å². The summed E-state index contributed by atoms with van der Waals surface area (Å²) in [6.45, 7) is 14.3. The molecule has 1 aromatic heterocycles. The fourth-order valence-corrected chi connectivity index (χ4v) is 8.01. The summed E-state index contributed by atoms with van der Waals surface area (Å²) in [6, 6.07) is -2.13. The van der Waals surface area contributed by atoms with Gasteiger partial charge >= 0.3 is 19.6 Å². The molecule has 1 aliphatic heterocycles. The molecule has 0 spiro atoms. The van der Waals surface area contributed by atoms with Crippen molar-refractivity contribution in [2.45, 2.75) is 91.2 Å². The van der Waals surface area contributed by atoms with Gasteiger partial charge in [-0.15, -0.1) is 0 Å². The van der Waals surface area contributed by atoms with Crippen molar-refractivity contribution >= 4 is 49.1 Å². The summed E-state index contributed by atoms with van der Waals surface area (Å²) in [5.41, 5.74) is 10.6. The average Bonchev–Trinajstić information content (AvgIpc) is 3.62. The molecule has 8 N–H and O–H groups in total. The molecule has 7 atom stereocenters. The number of nitrogens with two attached hydrogens (primary N) is 2. The maximum absolute atomic E-state index is 14.6. The van der Waals surface area contributed by atoms with E-state index in [0.29, 0.717) is 32.1 Å². The number of morpholine rings is 1. The number of rotatable bonds is 21. The van der Waals surface area contributed by atoms with E-state index in [1.807, 2.05) is 32.6 Å². The molecule has 1 aromatic rings. The zero-order valence-corrected chi connectivity index (χ0v) is 32.5. The predicted molar refractivity (Wildman–Crippen MR) is 196 cm³/mol. The van der Waals surface area contributed by atoms with Crippen LogP contribution >= 0.6 is 7.67 Å². The van der Waals surface area contributed by atoms with Crippen molar-refractivity contribution in [2.75, 3.05) is 69.6 Å². The number of esters is 2. The van der Waals surface area contributed by atoms with Crippen LogP contribution < -0.4 is 26.5 Å². The second kappa shape index (κ2) is 19.4. The second-order valence-corrected chi connectivity index (χ2v) is 15.8. The highest BCUT2D eigenvalue weighted by atomic mass is 31.2. The number of aliphatic hydroxyl groups excluding tert-OH is 1. The normalized spacial score (nSPS) is 23.1. The Morgan fingerprint density at radius 1 is 1.06 bits per heavy atom. The van der Waals surface area contributed by atoms with Crippen molar-refractivity contribution in [1.82, 2.24) is 20.1 Å². The summed E-state index contributed by atoms with van der Waals surface area (Å²) in [6.07, 6.45) is -0.796. The molecule has 19 heteroatoms. The summed E-state index contributed by atoms with van der Waals surface area (Å²) in [5, 5.41) is 28.8. The molecule has 0 bridgehead atoms. The lowest BCUT2D eigenvalue weighted by molar-refractivity contribution is -0.146. The standard InChI is InChI=1S/C33H59N8O10P/c1-9-49-30(43)23(15-19(3)4)39-52(46,40-24(16-20(5)6)31(44)50-10-2)51-18-25(47-8)27(42)33(45)21(7)22(33)17-36-26-28(34)37-32(35)38-29(26)41-11-13-48-14-12-41/h17,19-25,27,42,45H,9-16,18H2,1-8H3,(H2,39,40,46)(H4,34,35,37,38)/b36-17-/t21?,22?,23-,24-,25?,27?,33?/m0/s1. The van der Waals surface area contributed by atoms with Crippen molar-refractivity contribution < 1.29 is 47.8 Å². The first-order chi connectivity index (χ1) is 24.5. The van der Waals surface area contributed by atoms with Crippen LogP contribution in [0, 0.1) is 23.7 Å². The lowest BCUT2D eigenvalue weighted by atomic mass is 10.0. The molecule has 0 aromatic carbocycles. The third kappa shape index (κ3) is 11.3. The van der Waals surface area contributed by atoms with Crippen LogP contribution in [0.5, 0.6) is 0 Å². The van der Waals surface area contributed by atoms with Crippen LogP contribution in [0.4, 0.5) is 23.3 Å². The highest BCUT2D eigenvalue weighted by Crippen LogP contribution is 2.53. The van der Waals surface area contributed by atoms with Gasteiger partial charge < -0.3 is 50.1 Å². The molecule has 52 heavy (non-hydrogen) atoms. The fourth-order valence-electron chi connectivity index (χ4n) is 6.19. The summed E-state index contributed by atoms with van der Waals surface area (Å²) < 4.78 is 42.0. The quantitative estimate of drug-likeness (QED) is 0.0594. The number of aromatic nitrogens is 2. The summed E-state index contributed by atoms with van der Waals surface area (Å²) in [4.78, 5) is 40.8. The Kier molecular flexibility index (Phi) is 16.2. The van der Waals surface area contributed by atoms with Gasteiger partial charge in [0.15, 0.2) is 11.6 Å². The van der Waals surface area contributed by atoms with Gasteiger partial charge in [0.25, 0.3) is 0 Å². The van der Waals surface area contributed by atoms with Crippen LogP contribution in [0.3, 0.4) is 0 Å². The molecule has 18 nitrogen and oxygen atoms in total. The zero-order chi connectivity index (χ0) is 38.8. The van der Waals surface area contributed by atoms with Crippen LogP contribution in [0.1, 0.15) is 61.3 Å². The highest BCUT2D eigenvalue weighted by Gasteiger charge is 2.66. The molecule has 2 heterocycles. The Labute approximate surface area is 306 Å². The predicted octanol–water partition coefficient (Wildman–Crippen LogP) is 1.81. The summed E-state index contributed by atoms with van der Waals surface area (Å²) in [7, 11) is -2.99. The molecule has 2 fully saturated rings. The first-order valence-corrected chi connectivity index (χ1v) is 19.5. The average molecular weight is 759 g/mol. The van der Waals surface area contributed by atoms with Crippen LogP contribution in [0.25, 0.3) is 0 Å². The minimum Gasteiger partial charge on any atom is -0.465 e. The lowest BCUT2D eigenvalue weighted by Gasteiger charge is -2.32. The molecule has 0 radical (unpaired) electrons. The van der Waals surface area contributed by atoms with Crippen molar-refractivity contribution in [3.8, 4) is 0 Å². The molecule has 1 saturated heterocycles. The van der Waals surface area contributed by atoms with E-state index < -0.39 is 67.9 Å². The molecule has 296 valence electrons. The van der Waals surface area contributed by atoms with Gasteiger partial charge in [-0.2, -0.15) is 9.97 Å². The van der Waals surface area contributed by atoms with Crippen LogP contribution in [0.2, 0.25) is 0 Å². The number of hydrogen-bond donors (Lipinski definition) is 6. The van der Waals surface area contributed by atoms with Crippen molar-refractivity contribution in [3.05, 3.63) is 0 Å². The number of nitrogens with one attached hydrogen (secondary N) is 2. The number of aliphatic hydroxyl groups is 2. The number of hydrogen-bond acceptors (Lipinski definition) is 16. The van der Waals surface area contributed by atoms with E-state index in [9.17, 15) is 24.4 Å². The third-order valence-electron chi connectivity index (χ3n) is 9.04. The molecular weight excluding hydrogens is 699 g/mol. The van der Waals surface area contributed by atoms with Gasteiger partial charge in [0.05, 0.1) is 33.0 Å². The van der Waals surface area contributed by atoms with Crippen LogP contribution in [-0.4, -0.2) is 121 Å². The van der Waals surface area contributed by atoms with Crippen LogP contribution in [0.15, 0.2) is 4.99 Å². The number of aliphatic imine (C=N–C) groups is 1. The van der Waals surface area contributed by atoms with Gasteiger partial charge in [0.1, 0.15) is 35.6 Å². The maximum atomic E-state index is 14.6. The Balaban J connectivity index is 1.87. The van der Waals surface area contributed by atoms with Gasteiger partial charge in [-0.25, -0.2) is 10.2 Å². The van der Waals surface area contributed by atoms with Crippen molar-refractivity contribution in [2.24, 2.45) is 28.7 Å². The lowest BCUT2D eigenvalue weighted by Crippen LogP contribution is -2.48. The van der Waals surface area contributed by atoms with Crippen molar-refractivity contribution in [1.29, 1.82) is 0 Å². The van der Waals surface area contributed by atoms with E-state index in [0.717, 1.165) is 0 Å². The van der Waals surface area contributed by atoms with Crippen LogP contribution in [-0.2, 0) is 37.6 Å². The molecule has 1 aliphatic carbocycles. The Morgan fingerprint density at radius 2 is 1.60 bits per heavy atom. The van der Waals surface area contributed by atoms with Gasteiger partial charge in [0.2, 0.25) is 5.95 Å². The van der Waals surface area contributed by atoms with E-state index in [2.05, 4.69) is 25.1 Å². The molecular formula is C33H59N8O10P. The summed E-state index contributed by atoms with van der Waals surface area (Å²) in [5.74, 6) is -1.98.